The normalized spacial score (nSPS) is 16.9. The lowest BCUT2D eigenvalue weighted by molar-refractivity contribution is 0.00708. The molecular weight excluding hydrogens is 368 g/mol. The monoisotopic (exact) mass is 392 g/mol. The molecule has 0 aliphatic carbocycles. The van der Waals surface area contributed by atoms with Crippen LogP contribution >= 0.6 is 11.6 Å². The van der Waals surface area contributed by atoms with Gasteiger partial charge in [-0.2, -0.15) is 0 Å². The standard InChI is InChI=1S/C21H25ClO5/c22-19-4-1-17(2-5-19)15-18-3-6-20-21(16-18)27-14-12-25-10-8-23-7-9-24-11-13-26-20/h1-6,16H,7-15H2. The lowest BCUT2D eigenvalue weighted by Crippen LogP contribution is -2.13. The van der Waals surface area contributed by atoms with Crippen LogP contribution in [0.25, 0.3) is 0 Å². The van der Waals surface area contributed by atoms with E-state index >= 15 is 0 Å². The second-order valence-electron chi connectivity index (χ2n) is 6.12. The van der Waals surface area contributed by atoms with Gasteiger partial charge in [-0.3, -0.25) is 0 Å². The third-order valence-electron chi connectivity index (χ3n) is 4.04. The fourth-order valence-electron chi connectivity index (χ4n) is 2.70. The summed E-state index contributed by atoms with van der Waals surface area (Å²) in [5.41, 5.74) is 2.33. The number of fused-ring (bicyclic) bond motifs is 1. The average Bonchev–Trinajstić information content (AvgIpc) is 2.69. The molecule has 0 saturated heterocycles. The molecule has 5 nitrogen and oxygen atoms in total. The molecular formula is C21H25ClO5. The first-order valence-electron chi connectivity index (χ1n) is 9.17. The summed E-state index contributed by atoms with van der Waals surface area (Å²) in [7, 11) is 0. The minimum Gasteiger partial charge on any atom is -0.487 e. The molecule has 0 atom stereocenters. The minimum absolute atomic E-state index is 0.456. The predicted molar refractivity (Wildman–Crippen MR) is 104 cm³/mol. The number of rotatable bonds is 2. The van der Waals surface area contributed by atoms with Gasteiger partial charge in [-0.15, -0.1) is 0 Å². The summed E-state index contributed by atoms with van der Waals surface area (Å²) in [4.78, 5) is 0. The zero-order valence-corrected chi connectivity index (χ0v) is 16.1. The maximum Gasteiger partial charge on any atom is 0.161 e. The van der Waals surface area contributed by atoms with Gasteiger partial charge in [0.1, 0.15) is 13.2 Å². The molecule has 3 rings (SSSR count). The molecule has 0 saturated carbocycles. The van der Waals surface area contributed by atoms with Crippen molar-refractivity contribution in [2.45, 2.75) is 6.42 Å². The Balaban J connectivity index is 1.67. The number of halogens is 1. The predicted octanol–water partition coefficient (Wildman–Crippen LogP) is 3.75. The second kappa shape index (κ2) is 11.1. The summed E-state index contributed by atoms with van der Waals surface area (Å²) in [6.45, 7) is 4.13. The molecule has 0 unspecified atom stereocenters. The largest absolute Gasteiger partial charge is 0.487 e. The highest BCUT2D eigenvalue weighted by Gasteiger charge is 2.09. The molecule has 2 aromatic carbocycles. The van der Waals surface area contributed by atoms with Crippen molar-refractivity contribution in [3.8, 4) is 11.5 Å². The SMILES string of the molecule is Clc1ccc(Cc2ccc3c(c2)OCCOCCOCCOCCO3)cc1. The fraction of sp³-hybridized carbons (Fsp3) is 0.429. The van der Waals surface area contributed by atoms with E-state index in [-0.39, 0.29) is 0 Å². The summed E-state index contributed by atoms with van der Waals surface area (Å²) < 4.78 is 28.2. The van der Waals surface area contributed by atoms with Crippen molar-refractivity contribution in [2.24, 2.45) is 0 Å². The van der Waals surface area contributed by atoms with Crippen molar-refractivity contribution in [2.75, 3.05) is 52.9 Å². The maximum absolute atomic E-state index is 5.96. The van der Waals surface area contributed by atoms with Gasteiger partial charge in [0, 0.05) is 5.02 Å². The van der Waals surface area contributed by atoms with E-state index in [1.54, 1.807) is 0 Å². The van der Waals surface area contributed by atoms with E-state index in [9.17, 15) is 0 Å². The first-order chi connectivity index (χ1) is 13.3. The molecule has 1 heterocycles. The third-order valence-corrected chi connectivity index (χ3v) is 4.30. The summed E-state index contributed by atoms with van der Waals surface area (Å²) in [5, 5.41) is 0.739. The Hall–Kier alpha value is -1.79. The van der Waals surface area contributed by atoms with Crippen LogP contribution in [0.5, 0.6) is 11.5 Å². The number of hydrogen-bond acceptors (Lipinski definition) is 5. The zero-order valence-electron chi connectivity index (χ0n) is 15.3. The van der Waals surface area contributed by atoms with E-state index in [0.717, 1.165) is 22.8 Å². The Bertz CT molecular complexity index is 689. The van der Waals surface area contributed by atoms with E-state index in [1.807, 2.05) is 36.4 Å². The van der Waals surface area contributed by atoms with Gasteiger partial charge in [-0.1, -0.05) is 29.8 Å². The molecule has 0 bridgehead atoms. The molecule has 0 spiro atoms. The van der Waals surface area contributed by atoms with Gasteiger partial charge < -0.3 is 23.7 Å². The van der Waals surface area contributed by atoms with Crippen molar-refractivity contribution in [1.82, 2.24) is 0 Å². The molecule has 0 fully saturated rings. The van der Waals surface area contributed by atoms with Gasteiger partial charge in [-0.05, 0) is 41.8 Å². The van der Waals surface area contributed by atoms with Crippen molar-refractivity contribution in [1.29, 1.82) is 0 Å². The third kappa shape index (κ3) is 7.03. The van der Waals surface area contributed by atoms with E-state index in [1.165, 1.54) is 5.56 Å². The fourth-order valence-corrected chi connectivity index (χ4v) is 2.82. The quantitative estimate of drug-likeness (QED) is 0.778. The first-order valence-corrected chi connectivity index (χ1v) is 9.55. The van der Waals surface area contributed by atoms with Gasteiger partial charge in [0.15, 0.2) is 11.5 Å². The summed E-state index contributed by atoms with van der Waals surface area (Å²) in [6, 6.07) is 13.9. The highest BCUT2D eigenvalue weighted by Crippen LogP contribution is 2.29. The molecule has 6 heteroatoms. The van der Waals surface area contributed by atoms with Crippen LogP contribution < -0.4 is 9.47 Å². The van der Waals surface area contributed by atoms with Gasteiger partial charge in [-0.25, -0.2) is 0 Å². The molecule has 0 aromatic heterocycles. The first kappa shape index (κ1) is 20.0. The van der Waals surface area contributed by atoms with Crippen molar-refractivity contribution in [3.63, 3.8) is 0 Å². The van der Waals surface area contributed by atoms with E-state index in [0.29, 0.717) is 58.6 Å². The summed E-state index contributed by atoms with van der Waals surface area (Å²) in [5.74, 6) is 1.43. The second-order valence-corrected chi connectivity index (χ2v) is 6.55. The smallest absolute Gasteiger partial charge is 0.161 e. The summed E-state index contributed by atoms with van der Waals surface area (Å²) in [6.07, 6.45) is 0.796. The highest BCUT2D eigenvalue weighted by molar-refractivity contribution is 6.30. The van der Waals surface area contributed by atoms with Crippen LogP contribution in [0.1, 0.15) is 11.1 Å². The van der Waals surface area contributed by atoms with E-state index < -0.39 is 0 Å². The Kier molecular flexibility index (Phi) is 8.24. The molecule has 0 radical (unpaired) electrons. The van der Waals surface area contributed by atoms with Crippen LogP contribution in [0.2, 0.25) is 5.02 Å². The van der Waals surface area contributed by atoms with Crippen LogP contribution in [0.4, 0.5) is 0 Å². The van der Waals surface area contributed by atoms with Crippen molar-refractivity contribution in [3.05, 3.63) is 58.6 Å². The Morgan fingerprint density at radius 2 is 1.11 bits per heavy atom. The number of benzene rings is 2. The van der Waals surface area contributed by atoms with Gasteiger partial charge in [0.05, 0.1) is 39.6 Å². The Morgan fingerprint density at radius 3 is 1.74 bits per heavy atom. The van der Waals surface area contributed by atoms with Gasteiger partial charge in [0.2, 0.25) is 0 Å². The van der Waals surface area contributed by atoms with E-state index in [2.05, 4.69) is 6.07 Å². The highest BCUT2D eigenvalue weighted by atomic mass is 35.5. The molecule has 27 heavy (non-hydrogen) atoms. The lowest BCUT2D eigenvalue weighted by atomic mass is 10.0. The van der Waals surface area contributed by atoms with Crippen LogP contribution in [0.15, 0.2) is 42.5 Å². The maximum atomic E-state index is 5.96. The Labute approximate surface area is 165 Å². The Morgan fingerprint density at radius 1 is 0.593 bits per heavy atom. The molecule has 0 N–H and O–H groups in total. The van der Waals surface area contributed by atoms with Crippen LogP contribution in [-0.2, 0) is 20.6 Å². The molecule has 1 aliphatic rings. The van der Waals surface area contributed by atoms with Gasteiger partial charge >= 0.3 is 0 Å². The number of ether oxygens (including phenoxy) is 5. The molecule has 2 aromatic rings. The summed E-state index contributed by atoms with van der Waals surface area (Å²) >= 11 is 5.96. The topological polar surface area (TPSA) is 46.2 Å². The van der Waals surface area contributed by atoms with Crippen LogP contribution in [0.3, 0.4) is 0 Å². The number of hydrogen-bond donors (Lipinski definition) is 0. The average molecular weight is 393 g/mol. The zero-order chi connectivity index (χ0) is 18.7. The van der Waals surface area contributed by atoms with Crippen molar-refractivity contribution >= 4 is 11.6 Å². The van der Waals surface area contributed by atoms with Crippen LogP contribution in [0, 0.1) is 0 Å². The lowest BCUT2D eigenvalue weighted by Gasteiger charge is -2.14. The molecule has 0 amide bonds. The van der Waals surface area contributed by atoms with Crippen molar-refractivity contribution < 1.29 is 23.7 Å². The van der Waals surface area contributed by atoms with Crippen LogP contribution in [-0.4, -0.2) is 52.9 Å². The van der Waals surface area contributed by atoms with E-state index in [4.69, 9.17) is 35.3 Å². The molecule has 146 valence electrons. The van der Waals surface area contributed by atoms with Gasteiger partial charge in [0.25, 0.3) is 0 Å². The molecule has 1 aliphatic heterocycles. The minimum atomic E-state index is 0.456.